The van der Waals surface area contributed by atoms with E-state index in [-0.39, 0.29) is 6.04 Å². The highest BCUT2D eigenvalue weighted by molar-refractivity contribution is 7.89. The molecule has 0 amide bonds. The van der Waals surface area contributed by atoms with Crippen molar-refractivity contribution in [3.63, 3.8) is 0 Å². The summed E-state index contributed by atoms with van der Waals surface area (Å²) in [5.74, 6) is 0. The fourth-order valence-corrected chi connectivity index (χ4v) is 5.46. The highest BCUT2D eigenvalue weighted by atomic mass is 32.2. The van der Waals surface area contributed by atoms with Gasteiger partial charge in [-0.2, -0.15) is 4.31 Å². The maximum atomic E-state index is 12.7. The van der Waals surface area contributed by atoms with Gasteiger partial charge in [0.25, 0.3) is 0 Å². The number of sulfonamides is 1. The molecule has 1 saturated heterocycles. The molecule has 1 fully saturated rings. The molecule has 1 aliphatic rings. The molecule has 1 N–H and O–H groups in total. The van der Waals surface area contributed by atoms with E-state index < -0.39 is 10.0 Å². The minimum Gasteiger partial charge on any atom is -0.378 e. The summed E-state index contributed by atoms with van der Waals surface area (Å²) in [5.41, 5.74) is 0. The van der Waals surface area contributed by atoms with Crippen LogP contribution in [0.15, 0.2) is 11.0 Å². The van der Waals surface area contributed by atoms with Gasteiger partial charge >= 0.3 is 0 Å². The molecule has 1 aromatic heterocycles. The molecule has 0 spiro atoms. The Hall–Kier alpha value is -0.470. The van der Waals surface area contributed by atoms with Gasteiger partial charge in [-0.1, -0.05) is 0 Å². The summed E-state index contributed by atoms with van der Waals surface area (Å²) in [6.45, 7) is 5.80. The lowest BCUT2D eigenvalue weighted by molar-refractivity contribution is 0.0392. The quantitative estimate of drug-likeness (QED) is 0.907. The number of hydrogen-bond acceptors (Lipinski definition) is 5. The van der Waals surface area contributed by atoms with Crippen molar-refractivity contribution in [2.24, 2.45) is 0 Å². The van der Waals surface area contributed by atoms with Crippen LogP contribution in [-0.4, -0.2) is 45.6 Å². The lowest BCUT2D eigenvalue weighted by atomic mass is 10.3. The van der Waals surface area contributed by atoms with Crippen molar-refractivity contribution < 1.29 is 13.2 Å². The molecule has 0 radical (unpaired) electrons. The number of rotatable bonds is 4. The Morgan fingerprint density at radius 1 is 1.58 bits per heavy atom. The highest BCUT2D eigenvalue weighted by Gasteiger charge is 2.33. The van der Waals surface area contributed by atoms with Crippen molar-refractivity contribution in [2.45, 2.75) is 31.3 Å². The number of nitrogens with zero attached hydrogens (tertiary/aromatic N) is 1. The van der Waals surface area contributed by atoms with Crippen molar-refractivity contribution >= 4 is 21.4 Å². The summed E-state index contributed by atoms with van der Waals surface area (Å²) in [7, 11) is -1.55. The van der Waals surface area contributed by atoms with E-state index in [1.807, 2.05) is 20.9 Å². The lowest BCUT2D eigenvalue weighted by Gasteiger charge is -2.32. The maximum Gasteiger partial charge on any atom is 0.244 e. The lowest BCUT2D eigenvalue weighted by Crippen LogP contribution is -2.46. The number of nitrogens with one attached hydrogen (secondary N) is 1. The summed E-state index contributed by atoms with van der Waals surface area (Å²) in [5, 5.41) is 3.05. The third kappa shape index (κ3) is 3.00. The van der Waals surface area contributed by atoms with Gasteiger partial charge in [0, 0.05) is 28.9 Å². The molecule has 0 aliphatic carbocycles. The first-order chi connectivity index (χ1) is 8.96. The molecule has 7 heteroatoms. The largest absolute Gasteiger partial charge is 0.378 e. The van der Waals surface area contributed by atoms with Gasteiger partial charge in [-0.25, -0.2) is 8.42 Å². The van der Waals surface area contributed by atoms with Crippen LogP contribution in [0, 0.1) is 6.92 Å². The van der Waals surface area contributed by atoms with Crippen molar-refractivity contribution in [3.05, 3.63) is 15.8 Å². The van der Waals surface area contributed by atoms with Gasteiger partial charge < -0.3 is 10.1 Å². The average Bonchev–Trinajstić information content (AvgIpc) is 2.72. The molecule has 1 aliphatic heterocycles. The normalized spacial score (nSPS) is 21.7. The molecular formula is C12H20N2O3S2. The second-order valence-corrected chi connectivity index (χ2v) is 7.90. The van der Waals surface area contributed by atoms with Gasteiger partial charge in [-0.05, 0) is 27.0 Å². The van der Waals surface area contributed by atoms with E-state index in [2.05, 4.69) is 5.32 Å². The minimum atomic E-state index is -3.40. The van der Waals surface area contributed by atoms with Crippen LogP contribution in [0.4, 0.5) is 0 Å². The van der Waals surface area contributed by atoms with E-state index in [9.17, 15) is 8.42 Å². The summed E-state index contributed by atoms with van der Waals surface area (Å²) in [6.07, 6.45) is 0. The zero-order valence-corrected chi connectivity index (χ0v) is 13.1. The minimum absolute atomic E-state index is 0.106. The van der Waals surface area contributed by atoms with Crippen LogP contribution in [0.3, 0.4) is 0 Å². The molecule has 0 bridgehead atoms. The van der Waals surface area contributed by atoms with Crippen molar-refractivity contribution in [1.82, 2.24) is 9.62 Å². The third-order valence-electron chi connectivity index (χ3n) is 3.17. The summed E-state index contributed by atoms with van der Waals surface area (Å²) < 4.78 is 32.2. The van der Waals surface area contributed by atoms with Gasteiger partial charge in [0.15, 0.2) is 0 Å². The van der Waals surface area contributed by atoms with E-state index >= 15 is 0 Å². The average molecular weight is 304 g/mol. The first-order valence-electron chi connectivity index (χ1n) is 6.30. The van der Waals surface area contributed by atoms with Crippen LogP contribution in [0.25, 0.3) is 0 Å². The van der Waals surface area contributed by atoms with Crippen LogP contribution in [0.5, 0.6) is 0 Å². The monoisotopic (exact) mass is 304 g/mol. The maximum absolute atomic E-state index is 12.7. The summed E-state index contributed by atoms with van der Waals surface area (Å²) in [6, 6.07) is 1.68. The predicted molar refractivity (Wildman–Crippen MR) is 76.0 cm³/mol. The standard InChI is InChI=1S/C12H20N2O3S2/c1-9-8-17-5-4-14(9)19(15,16)12-6-11(7-13-3)18-10(12)2/h6,9,13H,4-5,7-8H2,1-3H3. The highest BCUT2D eigenvalue weighted by Crippen LogP contribution is 2.29. The van der Waals surface area contributed by atoms with E-state index in [1.165, 1.54) is 11.3 Å². The molecule has 2 heterocycles. The first-order valence-corrected chi connectivity index (χ1v) is 8.56. The van der Waals surface area contributed by atoms with Crippen LogP contribution in [0.2, 0.25) is 0 Å². The van der Waals surface area contributed by atoms with Crippen LogP contribution < -0.4 is 5.32 Å². The molecule has 0 aromatic carbocycles. The number of aryl methyl sites for hydroxylation is 1. The zero-order chi connectivity index (χ0) is 14.0. The molecule has 19 heavy (non-hydrogen) atoms. The van der Waals surface area contributed by atoms with Gasteiger partial charge in [0.2, 0.25) is 10.0 Å². The van der Waals surface area contributed by atoms with Gasteiger partial charge in [0.05, 0.1) is 18.1 Å². The Balaban J connectivity index is 2.33. The molecular weight excluding hydrogens is 284 g/mol. The molecule has 1 atom stereocenters. The number of ether oxygens (including phenoxy) is 1. The smallest absolute Gasteiger partial charge is 0.244 e. The zero-order valence-electron chi connectivity index (χ0n) is 11.5. The van der Waals surface area contributed by atoms with E-state index in [0.29, 0.717) is 31.2 Å². The number of hydrogen-bond donors (Lipinski definition) is 1. The van der Waals surface area contributed by atoms with Crippen molar-refractivity contribution in [3.8, 4) is 0 Å². The molecule has 5 nitrogen and oxygen atoms in total. The van der Waals surface area contributed by atoms with Crippen molar-refractivity contribution in [1.29, 1.82) is 0 Å². The Kier molecular flexibility index (Phi) is 4.62. The van der Waals surface area contributed by atoms with Gasteiger partial charge in [-0.3, -0.25) is 0 Å². The Morgan fingerprint density at radius 2 is 2.32 bits per heavy atom. The molecule has 0 saturated carbocycles. The fourth-order valence-electron chi connectivity index (χ4n) is 2.24. The van der Waals surface area contributed by atoms with Gasteiger partial charge in [0.1, 0.15) is 0 Å². The van der Waals surface area contributed by atoms with Crippen molar-refractivity contribution in [2.75, 3.05) is 26.8 Å². The number of morpholine rings is 1. The van der Waals surface area contributed by atoms with E-state index in [4.69, 9.17) is 4.74 Å². The summed E-state index contributed by atoms with van der Waals surface area (Å²) in [4.78, 5) is 2.33. The Labute approximate surface area is 118 Å². The number of thiophene rings is 1. The summed E-state index contributed by atoms with van der Waals surface area (Å²) >= 11 is 1.53. The molecule has 108 valence electrons. The molecule has 2 rings (SSSR count). The predicted octanol–water partition coefficient (Wildman–Crippen LogP) is 1.19. The topological polar surface area (TPSA) is 58.6 Å². The first kappa shape index (κ1) is 14.9. The molecule has 1 unspecified atom stereocenters. The Morgan fingerprint density at radius 3 is 2.95 bits per heavy atom. The van der Waals surface area contributed by atoms with Gasteiger partial charge in [-0.15, -0.1) is 11.3 Å². The SMILES string of the molecule is CNCc1cc(S(=O)(=O)N2CCOCC2C)c(C)s1. The van der Waals surface area contributed by atoms with E-state index in [0.717, 1.165) is 9.75 Å². The van der Waals surface area contributed by atoms with Crippen LogP contribution in [0.1, 0.15) is 16.7 Å². The third-order valence-corrected chi connectivity index (χ3v) is 6.49. The second kappa shape index (κ2) is 5.88. The fraction of sp³-hybridized carbons (Fsp3) is 0.667. The van der Waals surface area contributed by atoms with E-state index in [1.54, 1.807) is 10.4 Å². The van der Waals surface area contributed by atoms with Crippen LogP contribution in [-0.2, 0) is 21.3 Å². The van der Waals surface area contributed by atoms with Crippen LogP contribution >= 0.6 is 11.3 Å². The molecule has 1 aromatic rings. The second-order valence-electron chi connectivity index (χ2n) is 4.70. The Bertz CT molecular complexity index is 539.